The molecule has 1 fully saturated rings. The lowest BCUT2D eigenvalue weighted by molar-refractivity contribution is 0.399. The number of aromatic nitrogens is 2. The van der Waals surface area contributed by atoms with E-state index in [4.69, 9.17) is 5.73 Å². The molecule has 1 aliphatic rings. The van der Waals surface area contributed by atoms with Gasteiger partial charge >= 0.3 is 0 Å². The molecule has 6 nitrogen and oxygen atoms in total. The lowest BCUT2D eigenvalue weighted by atomic mass is 10.1. The molecule has 6 heteroatoms. The van der Waals surface area contributed by atoms with Gasteiger partial charge in [-0.25, -0.2) is 9.97 Å². The number of hydrogen-bond donors (Lipinski definition) is 3. The van der Waals surface area contributed by atoms with Gasteiger partial charge < -0.3 is 21.3 Å². The molecule has 1 aromatic rings. The van der Waals surface area contributed by atoms with Crippen molar-refractivity contribution in [3.63, 3.8) is 0 Å². The summed E-state index contributed by atoms with van der Waals surface area (Å²) in [6, 6.07) is 1.95. The highest BCUT2D eigenvalue weighted by molar-refractivity contribution is 5.47. The predicted octanol–water partition coefficient (Wildman–Crippen LogP) is 0.519. The number of hydrogen-bond acceptors (Lipinski definition) is 6. The van der Waals surface area contributed by atoms with E-state index in [1.165, 1.54) is 13.0 Å². The molecule has 106 valence electrons. The first kappa shape index (κ1) is 14.0. The predicted molar refractivity (Wildman–Crippen MR) is 78.4 cm³/mol. The normalized spacial score (nSPS) is 19.6. The third-order valence-corrected chi connectivity index (χ3v) is 3.35. The average Bonchev–Trinajstić information content (AvgIpc) is 2.79. The molecule has 0 amide bonds. The SMILES string of the molecule is Cc1nc(NCCN)cc(NCC2CCN(C)C2)n1. The number of aryl methyl sites for hydroxylation is 1. The van der Waals surface area contributed by atoms with Gasteiger partial charge in [0, 0.05) is 32.2 Å². The highest BCUT2D eigenvalue weighted by Crippen LogP contribution is 2.16. The van der Waals surface area contributed by atoms with Crippen molar-refractivity contribution in [2.75, 3.05) is 50.4 Å². The summed E-state index contributed by atoms with van der Waals surface area (Å²) in [5.41, 5.74) is 5.48. The van der Waals surface area contributed by atoms with Gasteiger partial charge in [0.2, 0.25) is 0 Å². The minimum atomic E-state index is 0.597. The molecule has 0 bridgehead atoms. The number of nitrogens with two attached hydrogens (primary N) is 1. The molecule has 1 aromatic heterocycles. The Bertz CT molecular complexity index is 408. The number of nitrogens with one attached hydrogen (secondary N) is 2. The van der Waals surface area contributed by atoms with Crippen LogP contribution in [-0.4, -0.2) is 54.6 Å². The van der Waals surface area contributed by atoms with E-state index in [1.54, 1.807) is 0 Å². The summed E-state index contributed by atoms with van der Waals surface area (Å²) in [4.78, 5) is 11.1. The molecule has 0 saturated carbocycles. The molecule has 0 aromatic carbocycles. The average molecular weight is 264 g/mol. The first-order valence-electron chi connectivity index (χ1n) is 6.89. The Morgan fingerprint density at radius 1 is 1.37 bits per heavy atom. The van der Waals surface area contributed by atoms with Crippen LogP contribution in [0.2, 0.25) is 0 Å². The summed E-state index contributed by atoms with van der Waals surface area (Å²) in [7, 11) is 2.17. The zero-order chi connectivity index (χ0) is 13.7. The first-order chi connectivity index (χ1) is 9.17. The Labute approximate surface area is 114 Å². The van der Waals surface area contributed by atoms with Gasteiger partial charge in [-0.3, -0.25) is 0 Å². The van der Waals surface area contributed by atoms with E-state index in [2.05, 4.69) is 32.5 Å². The third kappa shape index (κ3) is 4.33. The van der Waals surface area contributed by atoms with Crippen molar-refractivity contribution in [1.82, 2.24) is 14.9 Å². The maximum Gasteiger partial charge on any atom is 0.131 e. The monoisotopic (exact) mass is 264 g/mol. The van der Waals surface area contributed by atoms with Crippen LogP contribution in [0.15, 0.2) is 6.07 Å². The molecule has 2 heterocycles. The number of anilines is 2. The topological polar surface area (TPSA) is 79.1 Å². The number of likely N-dealkylation sites (tertiary alicyclic amines) is 1. The van der Waals surface area contributed by atoms with Crippen molar-refractivity contribution in [3.05, 3.63) is 11.9 Å². The molecule has 0 aliphatic carbocycles. The summed E-state index contributed by atoms with van der Waals surface area (Å²) in [5.74, 6) is 3.21. The van der Waals surface area contributed by atoms with Crippen molar-refractivity contribution < 1.29 is 0 Å². The Morgan fingerprint density at radius 3 is 2.74 bits per heavy atom. The zero-order valence-corrected chi connectivity index (χ0v) is 11.8. The number of rotatable bonds is 6. The fraction of sp³-hybridized carbons (Fsp3) is 0.692. The number of nitrogens with zero attached hydrogens (tertiary/aromatic N) is 3. The second kappa shape index (κ2) is 6.68. The Morgan fingerprint density at radius 2 is 2.11 bits per heavy atom. The van der Waals surface area contributed by atoms with Crippen LogP contribution >= 0.6 is 0 Å². The van der Waals surface area contributed by atoms with E-state index in [9.17, 15) is 0 Å². The molecule has 1 unspecified atom stereocenters. The van der Waals surface area contributed by atoms with Gasteiger partial charge in [-0.15, -0.1) is 0 Å². The van der Waals surface area contributed by atoms with E-state index in [0.717, 1.165) is 37.1 Å². The van der Waals surface area contributed by atoms with Crippen molar-refractivity contribution in [1.29, 1.82) is 0 Å². The maximum absolute atomic E-state index is 5.48. The van der Waals surface area contributed by atoms with Crippen molar-refractivity contribution in [3.8, 4) is 0 Å². The molecule has 1 aliphatic heterocycles. The van der Waals surface area contributed by atoms with Crippen LogP contribution in [0.3, 0.4) is 0 Å². The molecule has 4 N–H and O–H groups in total. The fourth-order valence-corrected chi connectivity index (χ4v) is 2.39. The molecular formula is C13H24N6. The first-order valence-corrected chi connectivity index (χ1v) is 6.89. The van der Waals surface area contributed by atoms with E-state index in [-0.39, 0.29) is 0 Å². The fourth-order valence-electron chi connectivity index (χ4n) is 2.39. The molecule has 1 atom stereocenters. The van der Waals surface area contributed by atoms with E-state index in [1.807, 2.05) is 13.0 Å². The molecule has 1 saturated heterocycles. The minimum Gasteiger partial charge on any atom is -0.370 e. The lowest BCUT2D eigenvalue weighted by Gasteiger charge is -2.13. The lowest BCUT2D eigenvalue weighted by Crippen LogP contribution is -2.20. The van der Waals surface area contributed by atoms with Gasteiger partial charge in [0.25, 0.3) is 0 Å². The molecule has 19 heavy (non-hydrogen) atoms. The Balaban J connectivity index is 1.90. The van der Waals surface area contributed by atoms with E-state index in [0.29, 0.717) is 12.5 Å². The van der Waals surface area contributed by atoms with Gasteiger partial charge in [0.05, 0.1) is 0 Å². The molecular weight excluding hydrogens is 240 g/mol. The van der Waals surface area contributed by atoms with E-state index < -0.39 is 0 Å². The van der Waals surface area contributed by atoms with Crippen LogP contribution in [0.1, 0.15) is 12.2 Å². The quantitative estimate of drug-likeness (QED) is 0.695. The van der Waals surface area contributed by atoms with E-state index >= 15 is 0 Å². The summed E-state index contributed by atoms with van der Waals surface area (Å²) in [6.07, 6.45) is 1.26. The Kier molecular flexibility index (Phi) is 4.93. The highest BCUT2D eigenvalue weighted by atomic mass is 15.1. The third-order valence-electron chi connectivity index (χ3n) is 3.35. The standard InChI is InChI=1S/C13H24N6/c1-10-17-12(15-5-4-14)7-13(18-10)16-8-11-3-6-19(2)9-11/h7,11H,3-6,8-9,14H2,1-2H3,(H2,15,16,17,18). The van der Waals surface area contributed by atoms with Crippen molar-refractivity contribution in [2.24, 2.45) is 11.7 Å². The summed E-state index contributed by atoms with van der Waals surface area (Å²) >= 11 is 0. The van der Waals surface area contributed by atoms with Gasteiger partial charge in [-0.1, -0.05) is 0 Å². The van der Waals surface area contributed by atoms with Crippen LogP contribution in [0.4, 0.5) is 11.6 Å². The molecule has 0 spiro atoms. The van der Waals surface area contributed by atoms with Crippen molar-refractivity contribution >= 4 is 11.6 Å². The molecule has 0 radical (unpaired) electrons. The van der Waals surface area contributed by atoms with Gasteiger partial charge in [-0.05, 0) is 32.9 Å². The van der Waals surface area contributed by atoms with Gasteiger partial charge in [0.15, 0.2) is 0 Å². The smallest absolute Gasteiger partial charge is 0.131 e. The molecule has 2 rings (SSSR count). The second-order valence-electron chi connectivity index (χ2n) is 5.20. The van der Waals surface area contributed by atoms with Gasteiger partial charge in [0.1, 0.15) is 17.5 Å². The van der Waals surface area contributed by atoms with Crippen LogP contribution in [0.5, 0.6) is 0 Å². The highest BCUT2D eigenvalue weighted by Gasteiger charge is 2.19. The maximum atomic E-state index is 5.48. The largest absolute Gasteiger partial charge is 0.370 e. The van der Waals surface area contributed by atoms with Crippen LogP contribution in [-0.2, 0) is 0 Å². The summed E-state index contributed by atoms with van der Waals surface area (Å²) in [6.45, 7) is 6.55. The van der Waals surface area contributed by atoms with Gasteiger partial charge in [-0.2, -0.15) is 0 Å². The zero-order valence-electron chi connectivity index (χ0n) is 11.8. The second-order valence-corrected chi connectivity index (χ2v) is 5.20. The summed E-state index contributed by atoms with van der Waals surface area (Å²) in [5, 5.41) is 6.60. The summed E-state index contributed by atoms with van der Waals surface area (Å²) < 4.78 is 0. The van der Waals surface area contributed by atoms with Crippen molar-refractivity contribution in [2.45, 2.75) is 13.3 Å². The Hall–Kier alpha value is -1.40. The minimum absolute atomic E-state index is 0.597. The van der Waals surface area contributed by atoms with Crippen LogP contribution in [0, 0.1) is 12.8 Å². The van der Waals surface area contributed by atoms with Crippen LogP contribution < -0.4 is 16.4 Å². The van der Waals surface area contributed by atoms with Crippen LogP contribution in [0.25, 0.3) is 0 Å².